The molecule has 0 unspecified atom stereocenters. The highest BCUT2D eigenvalue weighted by Crippen LogP contribution is 2.13. The standard InChI is InChI=1S/C20H23NO4/c1-3-21(20(24)25-14-17-7-5-4-6-8-17)18(19(22)23)13-16-11-9-15(2)10-12-16/h4-12,18H,3,13-14H2,1-2H3,(H,22,23)/t18-/m0/s1. The lowest BCUT2D eigenvalue weighted by Gasteiger charge is -2.27. The second kappa shape index (κ2) is 8.87. The quantitative estimate of drug-likeness (QED) is 0.835. The Hall–Kier alpha value is -2.82. The molecule has 0 saturated carbocycles. The summed E-state index contributed by atoms with van der Waals surface area (Å²) in [7, 11) is 0. The fourth-order valence-electron chi connectivity index (χ4n) is 2.56. The number of nitrogens with zero attached hydrogens (tertiary/aromatic N) is 1. The molecule has 0 saturated heterocycles. The third-order valence-corrected chi connectivity index (χ3v) is 3.99. The smallest absolute Gasteiger partial charge is 0.410 e. The summed E-state index contributed by atoms with van der Waals surface area (Å²) in [6, 6.07) is 16.0. The van der Waals surface area contributed by atoms with E-state index in [4.69, 9.17) is 4.74 Å². The molecule has 1 amide bonds. The van der Waals surface area contributed by atoms with Gasteiger partial charge < -0.3 is 9.84 Å². The Kier molecular flexibility index (Phi) is 6.57. The van der Waals surface area contributed by atoms with Gasteiger partial charge in [-0.15, -0.1) is 0 Å². The molecule has 0 spiro atoms. The van der Waals surface area contributed by atoms with Gasteiger partial charge in [0.25, 0.3) is 0 Å². The number of carbonyl (C=O) groups excluding carboxylic acids is 1. The van der Waals surface area contributed by atoms with Crippen LogP contribution >= 0.6 is 0 Å². The molecule has 0 heterocycles. The summed E-state index contributed by atoms with van der Waals surface area (Å²) >= 11 is 0. The normalized spacial score (nSPS) is 11.6. The molecule has 1 atom stereocenters. The van der Waals surface area contributed by atoms with Crippen LogP contribution in [0.3, 0.4) is 0 Å². The Balaban J connectivity index is 2.06. The lowest BCUT2D eigenvalue weighted by molar-refractivity contribution is -0.142. The number of aliphatic carboxylic acids is 1. The lowest BCUT2D eigenvalue weighted by Crippen LogP contribution is -2.46. The molecule has 1 N–H and O–H groups in total. The molecule has 2 aromatic rings. The summed E-state index contributed by atoms with van der Waals surface area (Å²) in [6.45, 7) is 4.09. The van der Waals surface area contributed by atoms with Crippen molar-refractivity contribution in [1.29, 1.82) is 0 Å². The second-order valence-corrected chi connectivity index (χ2v) is 5.87. The van der Waals surface area contributed by atoms with Crippen molar-refractivity contribution in [2.24, 2.45) is 0 Å². The average molecular weight is 341 g/mol. The zero-order chi connectivity index (χ0) is 18.2. The molecule has 0 radical (unpaired) electrons. The number of aryl methyl sites for hydroxylation is 1. The molecular weight excluding hydrogens is 318 g/mol. The first-order chi connectivity index (χ1) is 12.0. The van der Waals surface area contributed by atoms with E-state index < -0.39 is 18.1 Å². The van der Waals surface area contributed by atoms with E-state index in [9.17, 15) is 14.7 Å². The van der Waals surface area contributed by atoms with Crippen LogP contribution in [-0.4, -0.2) is 34.7 Å². The van der Waals surface area contributed by atoms with Gasteiger partial charge in [0.2, 0.25) is 0 Å². The second-order valence-electron chi connectivity index (χ2n) is 5.87. The molecule has 0 aliphatic heterocycles. The van der Waals surface area contributed by atoms with Crippen LogP contribution in [0.25, 0.3) is 0 Å². The maximum atomic E-state index is 12.4. The van der Waals surface area contributed by atoms with Crippen molar-refractivity contribution in [3.8, 4) is 0 Å². The van der Waals surface area contributed by atoms with Gasteiger partial charge in [0.1, 0.15) is 12.6 Å². The molecule has 0 aliphatic rings. The Bertz CT molecular complexity index is 697. The van der Waals surface area contributed by atoms with Gasteiger partial charge in [-0.1, -0.05) is 60.2 Å². The van der Waals surface area contributed by atoms with Crippen molar-refractivity contribution in [3.63, 3.8) is 0 Å². The minimum absolute atomic E-state index is 0.118. The first-order valence-electron chi connectivity index (χ1n) is 8.27. The summed E-state index contributed by atoms with van der Waals surface area (Å²) in [5, 5.41) is 9.58. The van der Waals surface area contributed by atoms with Crippen LogP contribution in [0.5, 0.6) is 0 Å². The van der Waals surface area contributed by atoms with E-state index in [0.717, 1.165) is 16.7 Å². The van der Waals surface area contributed by atoms with Crippen LogP contribution in [0.1, 0.15) is 23.6 Å². The SMILES string of the molecule is CCN(C(=O)OCc1ccccc1)[C@@H](Cc1ccc(C)cc1)C(=O)O. The third kappa shape index (κ3) is 5.35. The van der Waals surface area contributed by atoms with Crippen LogP contribution in [0.4, 0.5) is 4.79 Å². The van der Waals surface area contributed by atoms with Crippen molar-refractivity contribution in [1.82, 2.24) is 4.90 Å². The molecule has 0 fully saturated rings. The number of benzene rings is 2. The lowest BCUT2D eigenvalue weighted by atomic mass is 10.0. The van der Waals surface area contributed by atoms with E-state index in [1.54, 1.807) is 6.92 Å². The molecule has 5 heteroatoms. The number of carbonyl (C=O) groups is 2. The summed E-state index contributed by atoms with van der Waals surface area (Å²) in [6.07, 6.45) is -0.380. The van der Waals surface area contributed by atoms with Gasteiger partial charge in [-0.05, 0) is 25.0 Å². The number of carboxylic acid groups (broad SMARTS) is 1. The molecule has 2 aromatic carbocycles. The van der Waals surface area contributed by atoms with Gasteiger partial charge in [-0.25, -0.2) is 9.59 Å². The summed E-state index contributed by atoms with van der Waals surface area (Å²) in [5.41, 5.74) is 2.83. The number of amides is 1. The number of carboxylic acids is 1. The first-order valence-corrected chi connectivity index (χ1v) is 8.27. The minimum Gasteiger partial charge on any atom is -0.480 e. The summed E-state index contributed by atoms with van der Waals surface area (Å²) in [5.74, 6) is -1.04. The van der Waals surface area contributed by atoms with Gasteiger partial charge in [0.05, 0.1) is 0 Å². The molecule has 5 nitrogen and oxygen atoms in total. The Labute approximate surface area is 147 Å². The van der Waals surface area contributed by atoms with E-state index in [1.165, 1.54) is 4.90 Å². The Morgan fingerprint density at radius 3 is 2.24 bits per heavy atom. The zero-order valence-electron chi connectivity index (χ0n) is 14.5. The van der Waals surface area contributed by atoms with Gasteiger partial charge in [0, 0.05) is 13.0 Å². The third-order valence-electron chi connectivity index (χ3n) is 3.99. The van der Waals surface area contributed by atoms with Crippen molar-refractivity contribution in [2.45, 2.75) is 32.9 Å². The van der Waals surface area contributed by atoms with Crippen molar-refractivity contribution in [2.75, 3.05) is 6.54 Å². The average Bonchev–Trinajstić information content (AvgIpc) is 2.62. The maximum Gasteiger partial charge on any atom is 0.410 e. The summed E-state index contributed by atoms with van der Waals surface area (Å²) < 4.78 is 5.29. The predicted octanol–water partition coefficient (Wildman–Crippen LogP) is 3.65. The van der Waals surface area contributed by atoms with Gasteiger partial charge in [-0.3, -0.25) is 4.90 Å². The Morgan fingerprint density at radius 1 is 1.04 bits per heavy atom. The van der Waals surface area contributed by atoms with E-state index in [-0.39, 0.29) is 19.6 Å². The zero-order valence-corrected chi connectivity index (χ0v) is 14.5. The largest absolute Gasteiger partial charge is 0.480 e. The van der Waals surface area contributed by atoms with E-state index >= 15 is 0 Å². The van der Waals surface area contributed by atoms with Crippen molar-refractivity contribution < 1.29 is 19.4 Å². The van der Waals surface area contributed by atoms with E-state index in [1.807, 2.05) is 61.5 Å². The Morgan fingerprint density at radius 2 is 1.68 bits per heavy atom. The monoisotopic (exact) mass is 341 g/mol. The highest BCUT2D eigenvalue weighted by atomic mass is 16.6. The van der Waals surface area contributed by atoms with Crippen LogP contribution in [-0.2, 0) is 22.6 Å². The summed E-state index contributed by atoms with van der Waals surface area (Å²) in [4.78, 5) is 25.3. The van der Waals surface area contributed by atoms with Crippen molar-refractivity contribution in [3.05, 3.63) is 71.3 Å². The highest BCUT2D eigenvalue weighted by Gasteiger charge is 2.29. The van der Waals surface area contributed by atoms with Crippen molar-refractivity contribution >= 4 is 12.1 Å². The molecule has 2 rings (SSSR count). The van der Waals surface area contributed by atoms with Crippen LogP contribution in [0, 0.1) is 6.92 Å². The highest BCUT2D eigenvalue weighted by molar-refractivity contribution is 5.80. The fourth-order valence-corrected chi connectivity index (χ4v) is 2.56. The number of ether oxygens (including phenoxy) is 1. The van der Waals surface area contributed by atoms with Gasteiger partial charge >= 0.3 is 12.1 Å². The molecule has 0 aliphatic carbocycles. The fraction of sp³-hybridized carbons (Fsp3) is 0.300. The maximum absolute atomic E-state index is 12.4. The number of rotatable bonds is 7. The minimum atomic E-state index is -1.04. The molecule has 132 valence electrons. The van der Waals surface area contributed by atoms with Crippen LogP contribution in [0.15, 0.2) is 54.6 Å². The molecular formula is C20H23NO4. The molecule has 0 bridgehead atoms. The van der Waals surface area contributed by atoms with Crippen LogP contribution < -0.4 is 0 Å². The topological polar surface area (TPSA) is 66.8 Å². The number of hydrogen-bond acceptors (Lipinski definition) is 3. The van der Waals surface area contributed by atoms with E-state index in [0.29, 0.717) is 0 Å². The first kappa shape index (κ1) is 18.5. The van der Waals surface area contributed by atoms with E-state index in [2.05, 4.69) is 0 Å². The van der Waals surface area contributed by atoms with Crippen LogP contribution in [0.2, 0.25) is 0 Å². The van der Waals surface area contributed by atoms with Gasteiger partial charge in [-0.2, -0.15) is 0 Å². The van der Waals surface area contributed by atoms with Gasteiger partial charge in [0.15, 0.2) is 0 Å². The number of hydrogen-bond donors (Lipinski definition) is 1. The predicted molar refractivity (Wildman–Crippen MR) is 95.3 cm³/mol. The molecule has 0 aromatic heterocycles. The molecule has 25 heavy (non-hydrogen) atoms. The number of likely N-dealkylation sites (N-methyl/N-ethyl adjacent to an activating group) is 1.